The van der Waals surface area contributed by atoms with Gasteiger partial charge in [0.1, 0.15) is 0 Å². The first kappa shape index (κ1) is 67.5. The van der Waals surface area contributed by atoms with Crippen LogP contribution >= 0.6 is 0 Å². The van der Waals surface area contributed by atoms with Gasteiger partial charge >= 0.3 is 0 Å². The predicted molar refractivity (Wildman–Crippen MR) is 299 cm³/mol. The van der Waals surface area contributed by atoms with Gasteiger partial charge in [-0.3, -0.25) is 30.3 Å². The third-order valence-electron chi connectivity index (χ3n) is 13.9. The van der Waals surface area contributed by atoms with Crippen LogP contribution in [0.2, 0.25) is 0 Å². The number of likely N-dealkylation sites (N-methyl/N-ethyl adjacent to an activating group) is 4. The zero-order valence-electron chi connectivity index (χ0n) is 46.2. The molecular weight excluding hydrogens is 1060 g/mol. The molecule has 0 spiro atoms. The van der Waals surface area contributed by atoms with E-state index >= 15 is 0 Å². The number of nitrogen functional groups attached to an aromatic ring is 1. The van der Waals surface area contributed by atoms with Crippen LogP contribution in [0.5, 0.6) is 0 Å². The summed E-state index contributed by atoms with van der Waals surface area (Å²) in [6.07, 6.45) is 5.45. The Morgan fingerprint density at radius 3 is 0.987 bits per heavy atom. The van der Waals surface area contributed by atoms with E-state index in [0.29, 0.717) is 0 Å². The van der Waals surface area contributed by atoms with Crippen LogP contribution in [0.3, 0.4) is 0 Å². The molecule has 0 amide bonds. The van der Waals surface area contributed by atoms with Crippen molar-refractivity contribution in [3.63, 3.8) is 0 Å². The summed E-state index contributed by atoms with van der Waals surface area (Å²) in [6.45, 7) is 17.6. The van der Waals surface area contributed by atoms with E-state index in [-0.39, 0.29) is 56.6 Å². The summed E-state index contributed by atoms with van der Waals surface area (Å²) in [6, 6.07) is 28.8. The van der Waals surface area contributed by atoms with Gasteiger partial charge < -0.3 is 68.5 Å². The first-order valence-corrected chi connectivity index (χ1v) is 27.3. The first-order chi connectivity index (χ1) is 35.2. The Morgan fingerprint density at radius 2 is 0.714 bits per heavy atom. The second-order valence-electron chi connectivity index (χ2n) is 21.5. The van der Waals surface area contributed by atoms with Gasteiger partial charge in [-0.25, -0.2) is 5.26 Å². The second-order valence-corrected chi connectivity index (χ2v) is 23.1. The number of nitrogens with zero attached hydrogens (tertiary/aromatic N) is 11. The summed E-state index contributed by atoms with van der Waals surface area (Å²) in [5, 5.41) is 39.1. The molecule has 430 valence electrons. The molecule has 4 fully saturated rings. The van der Waals surface area contributed by atoms with Crippen molar-refractivity contribution in [1.82, 2.24) is 4.90 Å². The van der Waals surface area contributed by atoms with Crippen LogP contribution in [0, 0.1) is 30.3 Å². The highest BCUT2D eigenvalue weighted by Gasteiger charge is 2.25. The molecule has 0 aromatic heterocycles. The average molecular weight is 1140 g/mol. The minimum atomic E-state index is -3.61. The Balaban J connectivity index is 0.000000336. The normalized spacial score (nSPS) is 18.1. The van der Waals surface area contributed by atoms with E-state index in [4.69, 9.17) is 11.0 Å². The molecule has 0 atom stereocenters. The van der Waals surface area contributed by atoms with Crippen molar-refractivity contribution in [2.24, 2.45) is 0 Å². The van der Waals surface area contributed by atoms with Gasteiger partial charge in [-0.05, 0) is 80.7 Å². The predicted octanol–water partition coefficient (Wildman–Crippen LogP) is 0.498. The molecular formula is C52H83Cl2N12O10S+. The lowest BCUT2D eigenvalue weighted by Crippen LogP contribution is -3.00. The van der Waals surface area contributed by atoms with Crippen molar-refractivity contribution >= 4 is 55.6 Å². The van der Waals surface area contributed by atoms with E-state index in [1.54, 1.807) is 36.4 Å². The highest BCUT2D eigenvalue weighted by atomic mass is 35.5. The lowest BCUT2D eigenvalue weighted by atomic mass is 10.2. The van der Waals surface area contributed by atoms with Crippen molar-refractivity contribution < 1.29 is 71.0 Å². The molecule has 4 aliphatic rings. The third kappa shape index (κ3) is 24.7. The maximum absolute atomic E-state index is 10.6. The number of nitrogens with two attached hydrogens (primary N) is 1. The Morgan fingerprint density at radius 1 is 0.455 bits per heavy atom. The van der Waals surface area contributed by atoms with Crippen LogP contribution in [-0.2, 0) is 14.5 Å². The van der Waals surface area contributed by atoms with Crippen molar-refractivity contribution in [2.75, 3.05) is 186 Å². The van der Waals surface area contributed by atoms with Crippen molar-refractivity contribution in [3.8, 4) is 0 Å². The van der Waals surface area contributed by atoms with Crippen molar-refractivity contribution in [1.29, 1.82) is 0 Å². The van der Waals surface area contributed by atoms with Crippen LogP contribution < -0.4 is 50.1 Å². The largest absolute Gasteiger partial charge is 1.00 e. The van der Waals surface area contributed by atoms with Gasteiger partial charge in [0.05, 0.1) is 122 Å². The van der Waals surface area contributed by atoms with Crippen LogP contribution in [0.1, 0.15) is 25.7 Å². The molecule has 4 aromatic rings. The molecule has 4 saturated heterocycles. The number of benzene rings is 4. The number of hydrogen-bond acceptors (Lipinski definition) is 16. The molecule has 22 nitrogen and oxygen atoms in total. The summed E-state index contributed by atoms with van der Waals surface area (Å²) < 4.78 is 25.2. The fourth-order valence-corrected chi connectivity index (χ4v) is 9.03. The molecule has 8 rings (SSSR count). The Labute approximate surface area is 468 Å². The SMILES string of the molecule is CN1CCCN(c2ccc([N+](=O)[O-])cc2)CC1.CS(=O)(=O)OO.C[N+]1(C)CCCN(c2ccc(N)cc2)CC1.C[N+]1(C)CCCN(c2ccc([N+](=O)[O-])cc2)CC1.C[N+]1(C)CCCN(c2ccc([N+](=O)[O-])cc2)CC1.[Cl-].[Cl-]. The zero-order chi connectivity index (χ0) is 55.4. The molecule has 0 radical (unpaired) electrons. The lowest BCUT2D eigenvalue weighted by Gasteiger charge is -2.28. The van der Waals surface area contributed by atoms with Crippen molar-refractivity contribution in [3.05, 3.63) is 127 Å². The molecule has 0 bridgehead atoms. The van der Waals surface area contributed by atoms with Crippen LogP contribution in [0.4, 0.5) is 45.5 Å². The summed E-state index contributed by atoms with van der Waals surface area (Å²) in [5.74, 6) is 0. The van der Waals surface area contributed by atoms with Crippen LogP contribution in [0.15, 0.2) is 97.1 Å². The van der Waals surface area contributed by atoms with Crippen LogP contribution in [-0.4, -0.2) is 207 Å². The van der Waals surface area contributed by atoms with Crippen LogP contribution in [0.25, 0.3) is 0 Å². The highest BCUT2D eigenvalue weighted by Crippen LogP contribution is 2.25. The smallest absolute Gasteiger partial charge is 0.290 e. The van der Waals surface area contributed by atoms with E-state index in [1.165, 1.54) is 38.3 Å². The minimum Gasteiger partial charge on any atom is -1.00 e. The zero-order valence-corrected chi connectivity index (χ0v) is 48.5. The number of rotatable bonds is 8. The number of anilines is 5. The number of non-ortho nitro benzene ring substituents is 3. The monoisotopic (exact) mass is 1140 g/mol. The standard InChI is InChI=1S/2C13H20N3O2.C13H22N3.C12H17N3O2.CH4O4S.2ClH/c2*1-16(2)10-3-8-14(9-11-16)12-4-6-13(7-5-12)15(17)18;1-16(2)10-3-8-15(9-11-16)13-6-4-12(14)5-7-13;1-13-7-2-8-14(10-9-13)11-3-5-12(6-4-11)15(16)17;1-6(3,4)5-2;;/h2*4-7H,3,8-11H2,1-2H3;4-7H,3,8-11,14H2,1-2H3;3-6H,2,7-10H2,1H3;2H,1H3;2*1H/q3*+1;;;;/p-2. The lowest BCUT2D eigenvalue weighted by molar-refractivity contribution is -0.887. The number of quaternary nitrogens is 3. The maximum atomic E-state index is 10.6. The average Bonchev–Trinajstić information content (AvgIpc) is 3.86. The van der Waals surface area contributed by atoms with Gasteiger partial charge in [0.15, 0.2) is 0 Å². The van der Waals surface area contributed by atoms with E-state index < -0.39 is 10.1 Å². The summed E-state index contributed by atoms with van der Waals surface area (Å²) in [7, 11) is 12.1. The number of halogens is 2. The maximum Gasteiger partial charge on any atom is 0.290 e. The van der Waals surface area contributed by atoms with E-state index in [2.05, 4.69) is 90.3 Å². The molecule has 25 heteroatoms. The van der Waals surface area contributed by atoms with Gasteiger partial charge in [-0.15, -0.1) is 4.33 Å². The Kier molecular flexibility index (Phi) is 27.8. The molecule has 4 aromatic carbocycles. The topological polar surface area (TPSA) is 235 Å². The summed E-state index contributed by atoms with van der Waals surface area (Å²) in [5.41, 5.74) is 11.6. The summed E-state index contributed by atoms with van der Waals surface area (Å²) >= 11 is 0. The molecule has 0 aliphatic carbocycles. The van der Waals surface area contributed by atoms with E-state index in [0.717, 1.165) is 140 Å². The molecule has 77 heavy (non-hydrogen) atoms. The highest BCUT2D eigenvalue weighted by molar-refractivity contribution is 7.85. The van der Waals surface area contributed by atoms with Gasteiger partial charge in [0.2, 0.25) is 0 Å². The first-order valence-electron chi connectivity index (χ1n) is 25.5. The number of nitro groups is 3. The molecule has 3 N–H and O–H groups in total. The molecule has 4 aliphatic heterocycles. The van der Waals surface area contributed by atoms with Crippen molar-refractivity contribution in [2.45, 2.75) is 25.7 Å². The number of nitro benzene ring substituents is 3. The van der Waals surface area contributed by atoms with E-state index in [9.17, 15) is 38.8 Å². The number of hydrogen-bond donors (Lipinski definition) is 2. The van der Waals surface area contributed by atoms with Gasteiger partial charge in [0.25, 0.3) is 27.2 Å². The molecule has 0 unspecified atom stereocenters. The summed E-state index contributed by atoms with van der Waals surface area (Å²) in [4.78, 5) is 42.4. The van der Waals surface area contributed by atoms with Gasteiger partial charge in [-0.2, -0.15) is 8.42 Å². The Bertz CT molecular complexity index is 2430. The molecule has 4 heterocycles. The minimum absolute atomic E-state index is 0. The quantitative estimate of drug-likeness (QED) is 0.0804. The van der Waals surface area contributed by atoms with Gasteiger partial charge in [-0.1, -0.05) is 0 Å². The third-order valence-corrected chi connectivity index (χ3v) is 14.2. The fraction of sp³-hybridized carbons (Fsp3) is 0.538. The molecule has 0 saturated carbocycles. The second kappa shape index (κ2) is 31.7. The van der Waals surface area contributed by atoms with Gasteiger partial charge in [0, 0.05) is 123 Å². The van der Waals surface area contributed by atoms with E-state index in [1.807, 2.05) is 48.5 Å². The Hall–Kier alpha value is -5.63. The fourth-order valence-electron chi connectivity index (χ4n) is 9.03.